The van der Waals surface area contributed by atoms with Gasteiger partial charge in [-0.15, -0.1) is 24.8 Å². The van der Waals surface area contributed by atoms with Crippen molar-refractivity contribution in [1.29, 1.82) is 0 Å². The summed E-state index contributed by atoms with van der Waals surface area (Å²) in [4.78, 5) is 6.83. The van der Waals surface area contributed by atoms with E-state index >= 15 is 0 Å². The second-order valence-corrected chi connectivity index (χ2v) is 3.05. The van der Waals surface area contributed by atoms with Crippen LogP contribution in [0.5, 0.6) is 0 Å². The number of halogens is 4. The van der Waals surface area contributed by atoms with E-state index in [4.69, 9.17) is 17.3 Å². The molecule has 0 aliphatic carbocycles. The van der Waals surface area contributed by atoms with E-state index in [1.165, 1.54) is 6.07 Å². The number of fused-ring (bicyclic) bond motifs is 1. The van der Waals surface area contributed by atoms with Crippen molar-refractivity contribution in [2.75, 3.05) is 0 Å². The summed E-state index contributed by atoms with van der Waals surface area (Å²) in [7, 11) is 0. The van der Waals surface area contributed by atoms with Crippen LogP contribution < -0.4 is 5.73 Å². The molecule has 1 aromatic heterocycles. The minimum atomic E-state index is -0.505. The number of nitrogens with two attached hydrogens (primary N) is 1. The number of benzene rings is 1. The van der Waals surface area contributed by atoms with Crippen molar-refractivity contribution in [3.05, 3.63) is 28.8 Å². The number of rotatable bonds is 1. The monoisotopic (exact) mass is 271 g/mol. The van der Waals surface area contributed by atoms with E-state index in [1.807, 2.05) is 0 Å². The second-order valence-electron chi connectivity index (χ2n) is 2.65. The highest BCUT2D eigenvalue weighted by Gasteiger charge is 2.09. The molecule has 84 valence electrons. The zero-order chi connectivity index (χ0) is 9.42. The molecule has 1 heterocycles. The predicted molar refractivity (Wildman–Crippen MR) is 63.4 cm³/mol. The highest BCUT2D eigenvalue weighted by molar-refractivity contribution is 6.31. The fourth-order valence-electron chi connectivity index (χ4n) is 1.17. The third-order valence-corrected chi connectivity index (χ3v) is 2.08. The van der Waals surface area contributed by atoms with Crippen LogP contribution in [0.25, 0.3) is 11.0 Å². The van der Waals surface area contributed by atoms with Crippen LogP contribution in [0.3, 0.4) is 0 Å². The highest BCUT2D eigenvalue weighted by atomic mass is 35.5. The van der Waals surface area contributed by atoms with Crippen molar-refractivity contribution in [1.82, 2.24) is 9.97 Å². The number of aromatic amines is 1. The smallest absolute Gasteiger partial charge is 0.169 e. The molecule has 0 aliphatic heterocycles. The Balaban J connectivity index is 0.000000980. The van der Waals surface area contributed by atoms with Crippen LogP contribution in [0.4, 0.5) is 4.39 Å². The zero-order valence-electron chi connectivity index (χ0n) is 7.46. The Hall–Kier alpha value is -0.550. The first kappa shape index (κ1) is 14.5. The molecule has 2 aromatic rings. The minimum Gasteiger partial charge on any atom is -0.341 e. The standard InChI is InChI=1S/C8H7ClFN3.2ClH/c9-4-1-2-5-8(7(4)10)13-6(3-11)12-5;;/h1-2H,3,11H2,(H,12,13);2*1H. The van der Waals surface area contributed by atoms with Gasteiger partial charge in [0.1, 0.15) is 11.3 Å². The van der Waals surface area contributed by atoms with Crippen molar-refractivity contribution >= 4 is 47.4 Å². The Bertz CT molecular complexity index is 458. The molecule has 0 unspecified atom stereocenters. The van der Waals surface area contributed by atoms with Crippen molar-refractivity contribution < 1.29 is 4.39 Å². The molecule has 0 radical (unpaired) electrons. The zero-order valence-corrected chi connectivity index (χ0v) is 9.85. The lowest BCUT2D eigenvalue weighted by Gasteiger charge is -1.92. The molecule has 3 nitrogen and oxygen atoms in total. The van der Waals surface area contributed by atoms with Crippen molar-refractivity contribution in [2.24, 2.45) is 5.73 Å². The second kappa shape index (κ2) is 5.51. The van der Waals surface area contributed by atoms with Crippen LogP contribution in [0.1, 0.15) is 5.82 Å². The molecule has 2 rings (SSSR count). The summed E-state index contributed by atoms with van der Waals surface area (Å²) in [6, 6.07) is 3.16. The fraction of sp³-hybridized carbons (Fsp3) is 0.125. The molecule has 1 aromatic carbocycles. The Morgan fingerprint density at radius 1 is 1.40 bits per heavy atom. The number of hydrogen-bond donors (Lipinski definition) is 2. The lowest BCUT2D eigenvalue weighted by atomic mass is 10.3. The molecule has 0 saturated carbocycles. The maximum absolute atomic E-state index is 13.3. The van der Waals surface area contributed by atoms with Gasteiger partial charge in [0.15, 0.2) is 5.82 Å². The Kier molecular flexibility index (Phi) is 5.31. The molecule has 3 N–H and O–H groups in total. The Morgan fingerprint density at radius 3 is 2.67 bits per heavy atom. The van der Waals surface area contributed by atoms with E-state index in [0.29, 0.717) is 11.3 Å². The highest BCUT2D eigenvalue weighted by Crippen LogP contribution is 2.22. The van der Waals surface area contributed by atoms with Gasteiger partial charge < -0.3 is 10.7 Å². The van der Waals surface area contributed by atoms with Gasteiger partial charge in [0.05, 0.1) is 17.1 Å². The van der Waals surface area contributed by atoms with Crippen LogP contribution in [0, 0.1) is 5.82 Å². The van der Waals surface area contributed by atoms with Gasteiger partial charge in [-0.3, -0.25) is 0 Å². The van der Waals surface area contributed by atoms with E-state index in [0.717, 1.165) is 0 Å². The molecular weight excluding hydrogens is 263 g/mol. The molecule has 0 amide bonds. The largest absolute Gasteiger partial charge is 0.341 e. The summed E-state index contributed by atoms with van der Waals surface area (Å²) in [5.41, 5.74) is 6.21. The van der Waals surface area contributed by atoms with Gasteiger partial charge in [0.25, 0.3) is 0 Å². The SMILES string of the molecule is Cl.Cl.NCc1nc2c(F)c(Cl)ccc2[nH]1. The summed E-state index contributed by atoms with van der Waals surface area (Å²) in [6.45, 7) is 0.256. The predicted octanol–water partition coefficient (Wildman–Crippen LogP) is 2.66. The molecule has 7 heteroatoms. The first-order valence-electron chi connectivity index (χ1n) is 3.75. The number of imidazole rings is 1. The van der Waals surface area contributed by atoms with E-state index in [1.54, 1.807) is 6.07 Å². The molecule has 0 spiro atoms. The molecular formula is C8H9Cl3FN3. The van der Waals surface area contributed by atoms with Crippen LogP contribution in [-0.2, 0) is 6.54 Å². The van der Waals surface area contributed by atoms with E-state index < -0.39 is 5.82 Å². The van der Waals surface area contributed by atoms with Gasteiger partial charge in [0.2, 0.25) is 0 Å². The topological polar surface area (TPSA) is 54.7 Å². The maximum Gasteiger partial charge on any atom is 0.169 e. The Morgan fingerprint density at radius 2 is 2.07 bits per heavy atom. The van der Waals surface area contributed by atoms with E-state index in [2.05, 4.69) is 9.97 Å². The average Bonchev–Trinajstić information content (AvgIpc) is 2.55. The summed E-state index contributed by atoms with van der Waals surface area (Å²) in [6.07, 6.45) is 0. The molecule has 0 saturated heterocycles. The summed E-state index contributed by atoms with van der Waals surface area (Å²) < 4.78 is 13.3. The maximum atomic E-state index is 13.3. The average molecular weight is 273 g/mol. The number of H-pyrrole nitrogens is 1. The summed E-state index contributed by atoms with van der Waals surface area (Å²) in [5, 5.41) is 0.0718. The van der Waals surface area contributed by atoms with Crippen molar-refractivity contribution in [2.45, 2.75) is 6.54 Å². The molecule has 0 bridgehead atoms. The van der Waals surface area contributed by atoms with Crippen LogP contribution in [0.2, 0.25) is 5.02 Å². The first-order valence-corrected chi connectivity index (χ1v) is 4.13. The molecule has 0 aliphatic rings. The van der Waals surface area contributed by atoms with Gasteiger partial charge in [-0.1, -0.05) is 11.6 Å². The summed E-state index contributed by atoms with van der Waals surface area (Å²) in [5.74, 6) is 0.0475. The number of nitrogens with one attached hydrogen (secondary N) is 1. The molecule has 0 fully saturated rings. The van der Waals surface area contributed by atoms with Gasteiger partial charge in [-0.25, -0.2) is 9.37 Å². The molecule has 0 atom stereocenters. The number of hydrogen-bond acceptors (Lipinski definition) is 2. The summed E-state index contributed by atoms with van der Waals surface area (Å²) >= 11 is 5.58. The van der Waals surface area contributed by atoms with E-state index in [9.17, 15) is 4.39 Å². The quantitative estimate of drug-likeness (QED) is 0.838. The van der Waals surface area contributed by atoms with Crippen LogP contribution >= 0.6 is 36.4 Å². The van der Waals surface area contributed by atoms with Gasteiger partial charge >= 0.3 is 0 Å². The van der Waals surface area contributed by atoms with Gasteiger partial charge in [-0.2, -0.15) is 0 Å². The fourth-order valence-corrected chi connectivity index (χ4v) is 1.32. The molecule has 15 heavy (non-hydrogen) atoms. The lowest BCUT2D eigenvalue weighted by Crippen LogP contribution is -1.97. The van der Waals surface area contributed by atoms with Crippen molar-refractivity contribution in [3.8, 4) is 0 Å². The van der Waals surface area contributed by atoms with Crippen LogP contribution in [-0.4, -0.2) is 9.97 Å². The minimum absolute atomic E-state index is 0. The third-order valence-electron chi connectivity index (χ3n) is 1.79. The lowest BCUT2D eigenvalue weighted by molar-refractivity contribution is 0.637. The normalized spacial score (nSPS) is 9.53. The number of aromatic nitrogens is 2. The Labute approximate surface area is 103 Å². The van der Waals surface area contributed by atoms with Crippen molar-refractivity contribution in [3.63, 3.8) is 0 Å². The third kappa shape index (κ3) is 2.52. The van der Waals surface area contributed by atoms with Gasteiger partial charge in [0, 0.05) is 0 Å². The first-order chi connectivity index (χ1) is 6.22. The van der Waals surface area contributed by atoms with E-state index in [-0.39, 0.29) is 41.9 Å². The van der Waals surface area contributed by atoms with Gasteiger partial charge in [-0.05, 0) is 12.1 Å². The number of nitrogens with zero attached hydrogens (tertiary/aromatic N) is 1. The van der Waals surface area contributed by atoms with Crippen LogP contribution in [0.15, 0.2) is 12.1 Å².